The van der Waals surface area contributed by atoms with Gasteiger partial charge in [-0.2, -0.15) is 0 Å². The van der Waals surface area contributed by atoms with Gasteiger partial charge in [-0.25, -0.2) is 4.68 Å². The summed E-state index contributed by atoms with van der Waals surface area (Å²) in [4.78, 5) is 16.2. The Balaban J connectivity index is 1.77. The molecule has 1 amide bonds. The van der Waals surface area contributed by atoms with Gasteiger partial charge in [0.15, 0.2) is 0 Å². The van der Waals surface area contributed by atoms with E-state index in [0.717, 1.165) is 10.6 Å². The van der Waals surface area contributed by atoms with Crippen LogP contribution in [0.3, 0.4) is 0 Å². The minimum absolute atomic E-state index is 0.0913. The van der Waals surface area contributed by atoms with Crippen LogP contribution < -0.4 is 4.90 Å². The largest absolute Gasteiger partial charge is 0.271 e. The van der Waals surface area contributed by atoms with Crippen LogP contribution in [0.4, 0.5) is 5.69 Å². The maximum absolute atomic E-state index is 12.9. The second-order valence-electron chi connectivity index (χ2n) is 4.83. The quantitative estimate of drug-likeness (QED) is 0.678. The van der Waals surface area contributed by atoms with Gasteiger partial charge in [-0.1, -0.05) is 24.3 Å². The van der Waals surface area contributed by atoms with Crippen LogP contribution in [0, 0.1) is 0 Å². The van der Waals surface area contributed by atoms with Crippen LogP contribution in [-0.4, -0.2) is 25.9 Å². The first kappa shape index (κ1) is 14.9. The molecule has 3 heterocycles. The van der Waals surface area contributed by atoms with Gasteiger partial charge in [0.2, 0.25) is 5.17 Å². The molecule has 6 nitrogen and oxygen atoms in total. The van der Waals surface area contributed by atoms with Gasteiger partial charge in [-0.15, -0.1) is 26.6 Å². The summed E-state index contributed by atoms with van der Waals surface area (Å²) in [5, 5.41) is 14.5. The standard InChI is InChI=1S/C16H11N5OS2/c22-15-14(9-13-7-4-8-23-13)24-16(19-20-10-17-18-11-20)21(15)12-5-2-1-3-6-12/h1-11H/b14-9-,19-16+. The summed E-state index contributed by atoms with van der Waals surface area (Å²) in [6.45, 7) is 0. The highest BCUT2D eigenvalue weighted by molar-refractivity contribution is 8.19. The van der Waals surface area contributed by atoms with Gasteiger partial charge in [-0.3, -0.25) is 9.69 Å². The Bertz CT molecular complexity index is 901. The number of rotatable bonds is 3. The van der Waals surface area contributed by atoms with E-state index in [1.807, 2.05) is 53.9 Å². The molecule has 1 aromatic carbocycles. The predicted molar refractivity (Wildman–Crippen MR) is 96.7 cm³/mol. The van der Waals surface area contributed by atoms with Crippen molar-refractivity contribution in [1.29, 1.82) is 0 Å². The van der Waals surface area contributed by atoms with Crippen molar-refractivity contribution in [2.75, 3.05) is 4.90 Å². The molecule has 0 bridgehead atoms. The molecule has 0 atom stereocenters. The Hall–Kier alpha value is -2.71. The Kier molecular flexibility index (Phi) is 3.97. The zero-order valence-corrected chi connectivity index (χ0v) is 13.9. The van der Waals surface area contributed by atoms with Crippen molar-refractivity contribution in [1.82, 2.24) is 14.9 Å². The van der Waals surface area contributed by atoms with Gasteiger partial charge in [0.25, 0.3) is 5.91 Å². The Morgan fingerprint density at radius 2 is 1.83 bits per heavy atom. The fraction of sp³-hybridized carbons (Fsp3) is 0. The number of carbonyl (C=O) groups is 1. The third kappa shape index (κ3) is 2.89. The van der Waals surface area contributed by atoms with Gasteiger partial charge < -0.3 is 0 Å². The lowest BCUT2D eigenvalue weighted by molar-refractivity contribution is -0.113. The SMILES string of the molecule is O=C1/C(=C/c2cccs2)S/C(=N/n2cnnc2)N1c1ccccc1. The third-order valence-corrected chi connectivity index (χ3v) is 5.02. The number of hydrogen-bond donors (Lipinski definition) is 0. The molecule has 2 aromatic heterocycles. The molecule has 0 saturated carbocycles. The minimum Gasteiger partial charge on any atom is -0.268 e. The molecule has 1 fully saturated rings. The zero-order chi connectivity index (χ0) is 16.4. The number of thioether (sulfide) groups is 1. The normalized spacial score (nSPS) is 18.0. The van der Waals surface area contributed by atoms with Crippen molar-refractivity contribution in [2.24, 2.45) is 5.10 Å². The van der Waals surface area contributed by atoms with E-state index in [-0.39, 0.29) is 5.91 Å². The summed E-state index contributed by atoms with van der Waals surface area (Å²) >= 11 is 2.93. The van der Waals surface area contributed by atoms with E-state index < -0.39 is 0 Å². The fourth-order valence-corrected chi connectivity index (χ4v) is 3.90. The zero-order valence-electron chi connectivity index (χ0n) is 12.3. The van der Waals surface area contributed by atoms with Gasteiger partial charge in [0, 0.05) is 4.88 Å². The lowest BCUT2D eigenvalue weighted by atomic mass is 10.3. The summed E-state index contributed by atoms with van der Waals surface area (Å²) in [7, 11) is 0. The first-order chi connectivity index (χ1) is 11.8. The number of carbonyl (C=O) groups excluding carboxylic acids is 1. The summed E-state index contributed by atoms with van der Waals surface area (Å²) in [6.07, 6.45) is 4.87. The van der Waals surface area contributed by atoms with Crippen LogP contribution in [-0.2, 0) is 4.79 Å². The third-order valence-electron chi connectivity index (χ3n) is 3.24. The Morgan fingerprint density at radius 1 is 1.04 bits per heavy atom. The number of hydrogen-bond acceptors (Lipinski definition) is 6. The van der Waals surface area contributed by atoms with E-state index in [9.17, 15) is 4.79 Å². The van der Waals surface area contributed by atoms with Crippen LogP contribution in [0.1, 0.15) is 4.88 Å². The summed E-state index contributed by atoms with van der Waals surface area (Å²) in [6, 6.07) is 13.4. The average molecular weight is 353 g/mol. The Morgan fingerprint density at radius 3 is 2.54 bits per heavy atom. The molecule has 1 saturated heterocycles. The Labute approximate surface area is 146 Å². The number of anilines is 1. The number of thiophene rings is 1. The van der Waals surface area contributed by atoms with E-state index in [4.69, 9.17) is 0 Å². The number of amides is 1. The molecule has 3 aromatic rings. The maximum Gasteiger partial charge on any atom is 0.271 e. The molecular formula is C16H11N5OS2. The molecule has 0 unspecified atom stereocenters. The van der Waals surface area contributed by atoms with Crippen LogP contribution in [0.15, 0.2) is 70.5 Å². The highest BCUT2D eigenvalue weighted by Crippen LogP contribution is 2.36. The smallest absolute Gasteiger partial charge is 0.268 e. The highest BCUT2D eigenvalue weighted by atomic mass is 32.2. The lowest BCUT2D eigenvalue weighted by Gasteiger charge is -2.14. The van der Waals surface area contributed by atoms with Crippen LogP contribution in [0.2, 0.25) is 0 Å². The molecule has 24 heavy (non-hydrogen) atoms. The molecular weight excluding hydrogens is 342 g/mol. The molecule has 1 aliphatic rings. The van der Waals surface area contributed by atoms with Gasteiger partial charge >= 0.3 is 0 Å². The predicted octanol–water partition coefficient (Wildman–Crippen LogP) is 3.28. The monoisotopic (exact) mass is 353 g/mol. The number of benzene rings is 1. The van der Waals surface area contributed by atoms with Crippen LogP contribution >= 0.6 is 23.1 Å². The van der Waals surface area contributed by atoms with Crippen molar-refractivity contribution in [3.05, 3.63) is 70.3 Å². The van der Waals surface area contributed by atoms with Crippen LogP contribution in [0.25, 0.3) is 6.08 Å². The van der Waals surface area contributed by atoms with Crippen molar-refractivity contribution in [3.8, 4) is 0 Å². The van der Waals surface area contributed by atoms with Crippen molar-refractivity contribution < 1.29 is 4.79 Å². The number of amidine groups is 1. The van der Waals surface area contributed by atoms with Gasteiger partial charge in [0.1, 0.15) is 12.7 Å². The average Bonchev–Trinajstić information content (AvgIpc) is 3.33. The van der Waals surface area contributed by atoms with E-state index in [0.29, 0.717) is 10.1 Å². The molecule has 8 heteroatoms. The molecule has 0 spiro atoms. The molecule has 4 rings (SSSR count). The summed E-state index contributed by atoms with van der Waals surface area (Å²) in [5.41, 5.74) is 0.774. The van der Waals surface area contributed by atoms with Gasteiger partial charge in [-0.05, 0) is 41.4 Å². The number of para-hydroxylation sites is 1. The van der Waals surface area contributed by atoms with E-state index >= 15 is 0 Å². The van der Waals surface area contributed by atoms with Crippen molar-refractivity contribution in [3.63, 3.8) is 0 Å². The first-order valence-corrected chi connectivity index (χ1v) is 8.77. The van der Waals surface area contributed by atoms with Crippen molar-refractivity contribution in [2.45, 2.75) is 0 Å². The molecule has 0 aliphatic carbocycles. The van der Waals surface area contributed by atoms with E-state index in [2.05, 4.69) is 15.3 Å². The number of aromatic nitrogens is 3. The fourth-order valence-electron chi connectivity index (χ4n) is 2.19. The lowest BCUT2D eigenvalue weighted by Crippen LogP contribution is -2.29. The highest BCUT2D eigenvalue weighted by Gasteiger charge is 2.35. The summed E-state index contributed by atoms with van der Waals surface area (Å²) < 4.78 is 1.49. The van der Waals surface area contributed by atoms with Gasteiger partial charge in [0.05, 0.1) is 10.6 Å². The second-order valence-corrected chi connectivity index (χ2v) is 6.82. The summed E-state index contributed by atoms with van der Waals surface area (Å²) in [5.74, 6) is -0.0913. The van der Waals surface area contributed by atoms with Crippen LogP contribution in [0.5, 0.6) is 0 Å². The second kappa shape index (κ2) is 6.42. The van der Waals surface area contributed by atoms with Crippen molar-refractivity contribution >= 4 is 45.9 Å². The molecule has 118 valence electrons. The number of nitrogens with zero attached hydrogens (tertiary/aromatic N) is 5. The van der Waals surface area contributed by atoms with E-state index in [1.165, 1.54) is 29.1 Å². The molecule has 0 N–H and O–H groups in total. The van der Waals surface area contributed by atoms with E-state index in [1.54, 1.807) is 16.2 Å². The maximum atomic E-state index is 12.9. The molecule has 1 aliphatic heterocycles. The molecule has 0 radical (unpaired) electrons. The minimum atomic E-state index is -0.0913. The first-order valence-electron chi connectivity index (χ1n) is 7.07. The topological polar surface area (TPSA) is 63.4 Å².